The molecule has 1 aromatic carbocycles. The third-order valence-corrected chi connectivity index (χ3v) is 6.56. The number of rotatable bonds is 7. The van der Waals surface area contributed by atoms with Crippen molar-refractivity contribution in [3.8, 4) is 11.5 Å². The molecule has 2 heterocycles. The lowest BCUT2D eigenvalue weighted by Gasteiger charge is -2.28. The Hall–Kier alpha value is -2.62. The van der Waals surface area contributed by atoms with Crippen LogP contribution in [0.3, 0.4) is 0 Å². The van der Waals surface area contributed by atoms with Gasteiger partial charge in [0.15, 0.2) is 9.84 Å². The van der Waals surface area contributed by atoms with Crippen LogP contribution in [0.2, 0.25) is 0 Å². The number of methoxy groups -OCH3 is 1. The Morgan fingerprint density at radius 2 is 1.97 bits per heavy atom. The number of nitrogens with zero attached hydrogens (tertiary/aromatic N) is 2. The van der Waals surface area contributed by atoms with Gasteiger partial charge >= 0.3 is 0 Å². The molecule has 10 heteroatoms. The van der Waals surface area contributed by atoms with E-state index in [-0.39, 0.29) is 54.5 Å². The summed E-state index contributed by atoms with van der Waals surface area (Å²) in [5.41, 5.74) is 0.227. The molecule has 0 spiro atoms. The molecule has 0 aliphatic carbocycles. The first-order valence-electron chi connectivity index (χ1n) is 9.45. The molecule has 29 heavy (non-hydrogen) atoms. The van der Waals surface area contributed by atoms with E-state index >= 15 is 0 Å². The SMILES string of the molecule is COc1ccc(OC[C@H](C)NC(=O)C2=NN([C@H]3CCS(=O)(=O)C3)C(=O)CC2)cc1. The lowest BCUT2D eigenvalue weighted by atomic mass is 10.1. The van der Waals surface area contributed by atoms with Gasteiger partial charge in [0, 0.05) is 12.8 Å². The molecule has 1 aromatic rings. The fourth-order valence-corrected chi connectivity index (χ4v) is 4.92. The second kappa shape index (κ2) is 8.81. The lowest BCUT2D eigenvalue weighted by molar-refractivity contribution is -0.133. The van der Waals surface area contributed by atoms with Gasteiger partial charge in [-0.15, -0.1) is 0 Å². The van der Waals surface area contributed by atoms with Gasteiger partial charge in [0.2, 0.25) is 5.91 Å². The fraction of sp³-hybridized carbons (Fsp3) is 0.526. The van der Waals surface area contributed by atoms with Gasteiger partial charge in [-0.05, 0) is 37.6 Å². The van der Waals surface area contributed by atoms with Gasteiger partial charge in [-0.25, -0.2) is 13.4 Å². The topological polar surface area (TPSA) is 114 Å². The van der Waals surface area contributed by atoms with E-state index in [0.717, 1.165) is 5.75 Å². The lowest BCUT2D eigenvalue weighted by Crippen LogP contribution is -2.46. The molecule has 3 rings (SSSR count). The minimum absolute atomic E-state index is 0.0399. The molecule has 2 amide bonds. The highest BCUT2D eigenvalue weighted by molar-refractivity contribution is 7.91. The summed E-state index contributed by atoms with van der Waals surface area (Å²) in [7, 11) is -1.57. The van der Waals surface area contributed by atoms with Crippen molar-refractivity contribution >= 4 is 27.4 Å². The number of carbonyl (C=O) groups excluding carboxylic acids is 2. The molecule has 2 atom stereocenters. The number of hydrazone groups is 1. The third kappa shape index (κ3) is 5.47. The number of hydrogen-bond donors (Lipinski definition) is 1. The largest absolute Gasteiger partial charge is 0.497 e. The van der Waals surface area contributed by atoms with Gasteiger partial charge in [-0.1, -0.05) is 0 Å². The molecule has 0 aromatic heterocycles. The number of benzene rings is 1. The molecule has 1 fully saturated rings. The van der Waals surface area contributed by atoms with Crippen molar-refractivity contribution in [2.45, 2.75) is 38.3 Å². The van der Waals surface area contributed by atoms with Gasteiger partial charge in [-0.2, -0.15) is 5.10 Å². The summed E-state index contributed by atoms with van der Waals surface area (Å²) >= 11 is 0. The van der Waals surface area contributed by atoms with E-state index in [9.17, 15) is 18.0 Å². The van der Waals surface area contributed by atoms with E-state index < -0.39 is 15.9 Å². The molecular weight excluding hydrogens is 398 g/mol. The van der Waals surface area contributed by atoms with E-state index in [2.05, 4.69) is 10.4 Å². The smallest absolute Gasteiger partial charge is 0.267 e. The Bertz CT molecular complexity index is 897. The van der Waals surface area contributed by atoms with Crippen molar-refractivity contribution < 1.29 is 27.5 Å². The highest BCUT2D eigenvalue weighted by atomic mass is 32.2. The fourth-order valence-electron chi connectivity index (χ4n) is 3.23. The van der Waals surface area contributed by atoms with Crippen LogP contribution in [0.1, 0.15) is 26.2 Å². The predicted octanol–water partition coefficient (Wildman–Crippen LogP) is 0.744. The summed E-state index contributed by atoms with van der Waals surface area (Å²) in [4.78, 5) is 24.7. The second-order valence-electron chi connectivity index (χ2n) is 7.20. The zero-order valence-electron chi connectivity index (χ0n) is 16.5. The zero-order chi connectivity index (χ0) is 21.0. The van der Waals surface area contributed by atoms with E-state index in [1.165, 1.54) is 5.01 Å². The first-order valence-corrected chi connectivity index (χ1v) is 11.3. The third-order valence-electron chi connectivity index (χ3n) is 4.81. The van der Waals surface area contributed by atoms with Crippen molar-refractivity contribution in [2.75, 3.05) is 25.2 Å². The second-order valence-corrected chi connectivity index (χ2v) is 9.43. The van der Waals surface area contributed by atoms with Crippen LogP contribution in [-0.2, 0) is 19.4 Å². The van der Waals surface area contributed by atoms with Crippen molar-refractivity contribution in [3.63, 3.8) is 0 Å². The Kier molecular flexibility index (Phi) is 6.41. The number of nitrogens with one attached hydrogen (secondary N) is 1. The predicted molar refractivity (Wildman–Crippen MR) is 107 cm³/mol. The maximum absolute atomic E-state index is 12.5. The van der Waals surface area contributed by atoms with E-state index in [4.69, 9.17) is 9.47 Å². The van der Waals surface area contributed by atoms with Crippen LogP contribution in [0.5, 0.6) is 11.5 Å². The van der Waals surface area contributed by atoms with Crippen LogP contribution in [0.4, 0.5) is 0 Å². The summed E-state index contributed by atoms with van der Waals surface area (Å²) in [5.74, 6) is 0.680. The zero-order valence-corrected chi connectivity index (χ0v) is 17.3. The normalized spacial score (nSPS) is 22.0. The Morgan fingerprint density at radius 3 is 2.59 bits per heavy atom. The Balaban J connectivity index is 1.55. The highest BCUT2D eigenvalue weighted by Gasteiger charge is 2.37. The average molecular weight is 423 g/mol. The highest BCUT2D eigenvalue weighted by Crippen LogP contribution is 2.22. The summed E-state index contributed by atoms with van der Waals surface area (Å²) < 4.78 is 34.1. The van der Waals surface area contributed by atoms with Crippen molar-refractivity contribution in [1.82, 2.24) is 10.3 Å². The van der Waals surface area contributed by atoms with Gasteiger partial charge < -0.3 is 14.8 Å². The molecule has 2 aliphatic heterocycles. The summed E-state index contributed by atoms with van der Waals surface area (Å²) in [6.45, 7) is 2.06. The molecule has 0 radical (unpaired) electrons. The van der Waals surface area contributed by atoms with E-state index in [1.807, 2.05) is 0 Å². The minimum atomic E-state index is -3.15. The van der Waals surface area contributed by atoms with Gasteiger partial charge in [0.05, 0.1) is 30.7 Å². The van der Waals surface area contributed by atoms with Gasteiger partial charge in [0.1, 0.15) is 23.8 Å². The number of carbonyl (C=O) groups is 2. The maximum atomic E-state index is 12.5. The molecule has 0 bridgehead atoms. The maximum Gasteiger partial charge on any atom is 0.267 e. The molecular formula is C19H25N3O6S. The number of amides is 2. The first kappa shape index (κ1) is 21.1. The summed E-state index contributed by atoms with van der Waals surface area (Å²) in [6.07, 6.45) is 0.713. The van der Waals surface area contributed by atoms with Crippen LogP contribution in [0, 0.1) is 0 Å². The van der Waals surface area contributed by atoms with Crippen LogP contribution in [0.25, 0.3) is 0 Å². The van der Waals surface area contributed by atoms with E-state index in [1.54, 1.807) is 38.3 Å². The minimum Gasteiger partial charge on any atom is -0.497 e. The average Bonchev–Trinajstić information content (AvgIpc) is 3.06. The Morgan fingerprint density at radius 1 is 1.28 bits per heavy atom. The standard InChI is InChI=1S/C19H25N3O6S/c1-13(11-28-16-5-3-15(27-2)4-6-16)20-19(24)17-7-8-18(23)22(21-17)14-9-10-29(25,26)12-14/h3-6,13-14H,7-12H2,1-2H3,(H,20,24)/t13-,14-/m0/s1. The van der Waals surface area contributed by atoms with E-state index in [0.29, 0.717) is 12.2 Å². The summed E-state index contributed by atoms with van der Waals surface area (Å²) in [6, 6.07) is 6.33. The molecule has 0 saturated carbocycles. The van der Waals surface area contributed by atoms with Crippen molar-refractivity contribution in [2.24, 2.45) is 5.10 Å². The van der Waals surface area contributed by atoms with Crippen LogP contribution >= 0.6 is 0 Å². The first-order chi connectivity index (χ1) is 13.8. The van der Waals surface area contributed by atoms with Crippen molar-refractivity contribution in [1.29, 1.82) is 0 Å². The van der Waals surface area contributed by atoms with Crippen LogP contribution in [-0.4, -0.2) is 68.3 Å². The molecule has 1 N–H and O–H groups in total. The molecule has 2 aliphatic rings. The number of sulfone groups is 1. The Labute approximate surface area is 170 Å². The molecule has 1 saturated heterocycles. The molecule has 9 nitrogen and oxygen atoms in total. The van der Waals surface area contributed by atoms with Gasteiger partial charge in [-0.3, -0.25) is 9.59 Å². The monoisotopic (exact) mass is 423 g/mol. The van der Waals surface area contributed by atoms with Crippen LogP contribution in [0.15, 0.2) is 29.4 Å². The number of hydrogen-bond acceptors (Lipinski definition) is 7. The van der Waals surface area contributed by atoms with Crippen LogP contribution < -0.4 is 14.8 Å². The summed E-state index contributed by atoms with van der Waals surface area (Å²) in [5, 5.41) is 8.16. The quantitative estimate of drug-likeness (QED) is 0.692. The molecule has 0 unspecified atom stereocenters. The van der Waals surface area contributed by atoms with Gasteiger partial charge in [0.25, 0.3) is 5.91 Å². The van der Waals surface area contributed by atoms with Crippen molar-refractivity contribution in [3.05, 3.63) is 24.3 Å². The number of ether oxygens (including phenoxy) is 2. The molecule has 158 valence electrons.